The molecule has 0 N–H and O–H groups in total. The third kappa shape index (κ3) is 4.73. The minimum atomic E-state index is -6.06. The zero-order valence-corrected chi connectivity index (χ0v) is 14.3. The lowest BCUT2D eigenvalue weighted by Crippen LogP contribution is -2.28. The average molecular weight is 410 g/mol. The van der Waals surface area contributed by atoms with Gasteiger partial charge in [-0.1, -0.05) is 24.3 Å². The van der Waals surface area contributed by atoms with E-state index < -0.39 is 44.5 Å². The number of ether oxygens (including phenoxy) is 1. The normalized spacial score (nSPS) is 11.9. The molecule has 2 rings (SSSR count). The van der Waals surface area contributed by atoms with Gasteiger partial charge in [0.05, 0.1) is 19.1 Å². The van der Waals surface area contributed by atoms with Gasteiger partial charge in [0.2, 0.25) is 0 Å². The van der Waals surface area contributed by atoms with Crippen LogP contribution in [0.4, 0.5) is 22.0 Å². The number of alkyl halides is 3. The summed E-state index contributed by atoms with van der Waals surface area (Å²) in [4.78, 5) is 11.2. The molecule has 0 unspecified atom stereocenters. The van der Waals surface area contributed by atoms with Crippen LogP contribution in [0.5, 0.6) is 5.75 Å². The summed E-state index contributed by atoms with van der Waals surface area (Å²) < 4.78 is 95.2. The Kier molecular flexibility index (Phi) is 5.73. The fourth-order valence-corrected chi connectivity index (χ4v) is 2.52. The summed E-state index contributed by atoms with van der Waals surface area (Å²) in [6, 6.07) is 6.03. The molecule has 0 aliphatic carbocycles. The van der Waals surface area contributed by atoms with Gasteiger partial charge in [0.1, 0.15) is 17.4 Å². The molecular formula is C16H11F5O5S. The number of hydrogen-bond donors (Lipinski definition) is 0. The fraction of sp³-hybridized carbons (Fsp3) is 0.188. The molecule has 0 aliphatic rings. The van der Waals surface area contributed by atoms with Gasteiger partial charge >= 0.3 is 21.6 Å². The molecule has 5 nitrogen and oxygen atoms in total. The molecular weight excluding hydrogens is 399 g/mol. The molecule has 2 aromatic carbocycles. The first kappa shape index (κ1) is 20.6. The highest BCUT2D eigenvalue weighted by Crippen LogP contribution is 2.33. The van der Waals surface area contributed by atoms with E-state index in [-0.39, 0.29) is 12.0 Å². The predicted molar refractivity (Wildman–Crippen MR) is 83.1 cm³/mol. The third-order valence-corrected chi connectivity index (χ3v) is 4.30. The summed E-state index contributed by atoms with van der Waals surface area (Å²) in [6.45, 7) is 0. The molecule has 0 atom stereocenters. The van der Waals surface area contributed by atoms with Crippen LogP contribution in [0.3, 0.4) is 0 Å². The molecule has 0 fully saturated rings. The highest BCUT2D eigenvalue weighted by Gasteiger charge is 2.48. The van der Waals surface area contributed by atoms with E-state index in [9.17, 15) is 35.2 Å². The van der Waals surface area contributed by atoms with Crippen LogP contribution in [0.15, 0.2) is 36.4 Å². The molecule has 0 saturated heterocycles. The van der Waals surface area contributed by atoms with Crippen molar-refractivity contribution in [3.63, 3.8) is 0 Å². The SMILES string of the molecule is COC(=O)Cc1ccc(-c2c(F)cc(OS(=O)(=O)C(F)(F)F)cc2F)cc1. The molecule has 0 aliphatic heterocycles. The van der Waals surface area contributed by atoms with Gasteiger partial charge in [-0.25, -0.2) is 8.78 Å². The van der Waals surface area contributed by atoms with E-state index in [0.29, 0.717) is 17.7 Å². The van der Waals surface area contributed by atoms with Crippen LogP contribution >= 0.6 is 0 Å². The Bertz CT molecular complexity index is 929. The average Bonchev–Trinajstić information content (AvgIpc) is 2.54. The molecule has 11 heteroatoms. The van der Waals surface area contributed by atoms with E-state index in [1.807, 2.05) is 0 Å². The summed E-state index contributed by atoms with van der Waals surface area (Å²) in [6.07, 6.45) is -0.0657. The van der Waals surface area contributed by atoms with Gasteiger partial charge in [-0.3, -0.25) is 4.79 Å². The van der Waals surface area contributed by atoms with Gasteiger partial charge < -0.3 is 8.92 Å². The summed E-state index contributed by atoms with van der Waals surface area (Å²) in [5.41, 5.74) is -5.82. The summed E-state index contributed by atoms with van der Waals surface area (Å²) >= 11 is 0. The van der Waals surface area contributed by atoms with Gasteiger partial charge in [-0.2, -0.15) is 21.6 Å². The van der Waals surface area contributed by atoms with Crippen LogP contribution < -0.4 is 4.18 Å². The highest BCUT2D eigenvalue weighted by molar-refractivity contribution is 7.88. The number of carbonyl (C=O) groups excluding carboxylic acids is 1. The minimum Gasteiger partial charge on any atom is -0.469 e. The second-order valence-electron chi connectivity index (χ2n) is 5.19. The molecule has 2 aromatic rings. The van der Waals surface area contributed by atoms with Crippen LogP contribution in [0.1, 0.15) is 5.56 Å². The number of hydrogen-bond acceptors (Lipinski definition) is 5. The van der Waals surface area contributed by atoms with E-state index in [4.69, 9.17) is 0 Å². The van der Waals surface area contributed by atoms with Gasteiger partial charge in [0.15, 0.2) is 0 Å². The van der Waals surface area contributed by atoms with E-state index in [2.05, 4.69) is 8.92 Å². The molecule has 0 aromatic heterocycles. The smallest absolute Gasteiger partial charge is 0.469 e. The topological polar surface area (TPSA) is 69.7 Å². The summed E-state index contributed by atoms with van der Waals surface area (Å²) in [5.74, 6) is -4.34. The maximum absolute atomic E-state index is 14.2. The van der Waals surface area contributed by atoms with Crippen molar-refractivity contribution < 1.29 is 44.1 Å². The zero-order chi connectivity index (χ0) is 20.4. The lowest BCUT2D eigenvalue weighted by Gasteiger charge is -2.12. The van der Waals surface area contributed by atoms with Crippen LogP contribution in [0.25, 0.3) is 11.1 Å². The maximum atomic E-state index is 14.2. The molecule has 146 valence electrons. The van der Waals surface area contributed by atoms with Crippen LogP contribution in [0.2, 0.25) is 0 Å². The molecule has 0 radical (unpaired) electrons. The Morgan fingerprint density at radius 1 is 1.04 bits per heavy atom. The van der Waals surface area contributed by atoms with E-state index in [1.54, 1.807) is 0 Å². The largest absolute Gasteiger partial charge is 0.534 e. The second kappa shape index (κ2) is 7.51. The Hall–Kier alpha value is -2.69. The van der Waals surface area contributed by atoms with E-state index in [0.717, 1.165) is 0 Å². The number of halogens is 5. The first-order chi connectivity index (χ1) is 12.4. The minimum absolute atomic E-state index is 0.0174. The third-order valence-electron chi connectivity index (χ3n) is 3.32. The van der Waals surface area contributed by atoms with Gasteiger partial charge in [-0.15, -0.1) is 0 Å². The van der Waals surface area contributed by atoms with Crippen molar-refractivity contribution in [1.29, 1.82) is 0 Å². The van der Waals surface area contributed by atoms with Gasteiger partial charge in [0.25, 0.3) is 0 Å². The lowest BCUT2D eigenvalue weighted by atomic mass is 10.0. The Balaban J connectivity index is 2.33. The molecule has 0 spiro atoms. The second-order valence-corrected chi connectivity index (χ2v) is 6.73. The maximum Gasteiger partial charge on any atom is 0.534 e. The van der Waals surface area contributed by atoms with Crippen molar-refractivity contribution in [3.05, 3.63) is 53.6 Å². The Morgan fingerprint density at radius 3 is 2.00 bits per heavy atom. The predicted octanol–water partition coefficient (Wildman–Crippen LogP) is 3.58. The number of rotatable bonds is 5. The number of benzene rings is 2. The van der Waals surface area contributed by atoms with Crippen molar-refractivity contribution in [2.24, 2.45) is 0 Å². The zero-order valence-electron chi connectivity index (χ0n) is 13.5. The van der Waals surface area contributed by atoms with Crippen molar-refractivity contribution in [1.82, 2.24) is 0 Å². The quantitative estimate of drug-likeness (QED) is 0.326. The van der Waals surface area contributed by atoms with Gasteiger partial charge in [0, 0.05) is 12.1 Å². The monoisotopic (exact) mass is 410 g/mol. The van der Waals surface area contributed by atoms with Crippen molar-refractivity contribution >= 4 is 16.1 Å². The standard InChI is InChI=1S/C16H11F5O5S/c1-25-14(22)6-9-2-4-10(5-3-9)15-12(17)7-11(8-13(15)18)26-27(23,24)16(19,20)21/h2-5,7-8H,6H2,1H3. The Morgan fingerprint density at radius 2 is 1.56 bits per heavy atom. The lowest BCUT2D eigenvalue weighted by molar-refractivity contribution is -0.139. The molecule has 0 heterocycles. The highest BCUT2D eigenvalue weighted by atomic mass is 32.2. The molecule has 0 saturated carbocycles. The van der Waals surface area contributed by atoms with E-state index >= 15 is 0 Å². The number of carbonyl (C=O) groups is 1. The van der Waals surface area contributed by atoms with Gasteiger partial charge in [-0.05, 0) is 11.1 Å². The Labute approximate surface area is 150 Å². The fourth-order valence-electron chi connectivity index (χ4n) is 2.08. The summed E-state index contributed by atoms with van der Waals surface area (Å²) in [7, 11) is -4.86. The van der Waals surface area contributed by atoms with Crippen molar-refractivity contribution in [2.45, 2.75) is 11.9 Å². The van der Waals surface area contributed by atoms with Crippen molar-refractivity contribution in [2.75, 3.05) is 7.11 Å². The van der Waals surface area contributed by atoms with Crippen LogP contribution in [0, 0.1) is 11.6 Å². The molecule has 0 bridgehead atoms. The van der Waals surface area contributed by atoms with Crippen LogP contribution in [-0.2, 0) is 26.1 Å². The molecule has 27 heavy (non-hydrogen) atoms. The first-order valence-electron chi connectivity index (χ1n) is 7.10. The first-order valence-corrected chi connectivity index (χ1v) is 8.51. The molecule has 0 amide bonds. The number of esters is 1. The van der Waals surface area contributed by atoms with Crippen LogP contribution in [-0.4, -0.2) is 27.0 Å². The summed E-state index contributed by atoms with van der Waals surface area (Å²) in [5, 5.41) is 0. The van der Waals surface area contributed by atoms with Crippen molar-refractivity contribution in [3.8, 4) is 16.9 Å². The number of methoxy groups -OCH3 is 1. The van der Waals surface area contributed by atoms with E-state index in [1.165, 1.54) is 31.4 Å².